The molecule has 1 aliphatic heterocycles. The lowest BCUT2D eigenvalue weighted by molar-refractivity contribution is -0.135. The molecule has 0 spiro atoms. The van der Waals surface area contributed by atoms with E-state index in [1.165, 1.54) is 7.11 Å². The maximum atomic E-state index is 12.1. The lowest BCUT2D eigenvalue weighted by Gasteiger charge is -2.08. The van der Waals surface area contributed by atoms with E-state index in [9.17, 15) is 9.59 Å². The highest BCUT2D eigenvalue weighted by atomic mass is 32.1. The third kappa shape index (κ3) is 3.29. The third-order valence-corrected chi connectivity index (χ3v) is 2.92. The smallest absolute Gasteiger partial charge is 0.332 e. The van der Waals surface area contributed by atoms with Crippen LogP contribution in [0.5, 0.6) is 0 Å². The van der Waals surface area contributed by atoms with Gasteiger partial charge < -0.3 is 10.1 Å². The molecular formula is C13H12N4O3S. The van der Waals surface area contributed by atoms with Crippen LogP contribution in [0.2, 0.25) is 0 Å². The number of hydrogen-bond donors (Lipinski definition) is 1. The number of aromatic nitrogens is 1. The van der Waals surface area contributed by atoms with E-state index in [2.05, 4.69) is 20.1 Å². The number of thiocarbonyl (C=S) groups is 1. The van der Waals surface area contributed by atoms with E-state index >= 15 is 0 Å². The van der Waals surface area contributed by atoms with E-state index in [1.54, 1.807) is 25.4 Å². The molecule has 8 heteroatoms. The number of ether oxygens (including phenoxy) is 1. The number of nitrogens with zero attached hydrogens (tertiary/aromatic N) is 3. The van der Waals surface area contributed by atoms with Crippen molar-refractivity contribution < 1.29 is 14.3 Å². The molecule has 1 saturated heterocycles. The average Bonchev–Trinajstić information content (AvgIpc) is 2.75. The van der Waals surface area contributed by atoms with Crippen molar-refractivity contribution in [2.45, 2.75) is 6.92 Å². The Morgan fingerprint density at radius 1 is 1.57 bits per heavy atom. The minimum atomic E-state index is -0.650. The van der Waals surface area contributed by atoms with E-state index in [0.717, 1.165) is 16.6 Å². The average molecular weight is 304 g/mol. The first-order valence-corrected chi connectivity index (χ1v) is 6.34. The minimum absolute atomic E-state index is 0.0228. The third-order valence-electron chi connectivity index (χ3n) is 2.65. The molecule has 0 aliphatic carbocycles. The van der Waals surface area contributed by atoms with Crippen LogP contribution < -0.4 is 5.32 Å². The normalized spacial score (nSPS) is 17.1. The van der Waals surface area contributed by atoms with Gasteiger partial charge in [-0.15, -0.1) is 0 Å². The van der Waals surface area contributed by atoms with Gasteiger partial charge in [0.15, 0.2) is 0 Å². The van der Waals surface area contributed by atoms with Gasteiger partial charge in [0, 0.05) is 18.0 Å². The number of rotatable bonds is 3. The molecule has 7 nitrogen and oxygen atoms in total. The van der Waals surface area contributed by atoms with E-state index in [-0.39, 0.29) is 10.8 Å². The second kappa shape index (κ2) is 6.23. The van der Waals surface area contributed by atoms with Crippen LogP contribution in [0.25, 0.3) is 0 Å². The van der Waals surface area contributed by atoms with Gasteiger partial charge in [0.25, 0.3) is 5.91 Å². The zero-order valence-corrected chi connectivity index (χ0v) is 12.2. The topological polar surface area (TPSA) is 83.9 Å². The summed E-state index contributed by atoms with van der Waals surface area (Å²) in [5.74, 6) is -1.17. The van der Waals surface area contributed by atoms with Crippen molar-refractivity contribution in [3.63, 3.8) is 0 Å². The summed E-state index contributed by atoms with van der Waals surface area (Å²) in [6.45, 7) is 1.73. The van der Waals surface area contributed by atoms with Gasteiger partial charge in [0.1, 0.15) is 5.70 Å². The molecule has 0 bridgehead atoms. The van der Waals surface area contributed by atoms with Crippen LogP contribution in [-0.4, -0.2) is 39.8 Å². The quantitative estimate of drug-likeness (QED) is 0.380. The van der Waals surface area contributed by atoms with Crippen molar-refractivity contribution in [3.8, 4) is 0 Å². The van der Waals surface area contributed by atoms with Crippen molar-refractivity contribution >= 4 is 34.9 Å². The first-order valence-electron chi connectivity index (χ1n) is 5.93. The summed E-state index contributed by atoms with van der Waals surface area (Å²) in [6, 6.07) is 3.58. The van der Waals surface area contributed by atoms with Crippen LogP contribution in [0.1, 0.15) is 12.5 Å². The molecule has 1 aliphatic rings. The summed E-state index contributed by atoms with van der Waals surface area (Å²) >= 11 is 5.03. The number of methoxy groups -OCH3 is 1. The molecule has 1 amide bonds. The van der Waals surface area contributed by atoms with E-state index < -0.39 is 11.9 Å². The maximum absolute atomic E-state index is 12.1. The zero-order chi connectivity index (χ0) is 15.4. The molecule has 1 fully saturated rings. The number of carbonyl (C=O) groups is 2. The Morgan fingerprint density at radius 2 is 2.33 bits per heavy atom. The molecule has 21 heavy (non-hydrogen) atoms. The molecule has 1 aromatic heterocycles. The molecule has 0 atom stereocenters. The Balaban J connectivity index is 2.25. The molecule has 0 unspecified atom stereocenters. The number of amides is 1. The zero-order valence-electron chi connectivity index (χ0n) is 11.4. The molecule has 2 heterocycles. The van der Waals surface area contributed by atoms with Crippen molar-refractivity contribution in [3.05, 3.63) is 41.9 Å². The molecule has 108 valence electrons. The SMILES string of the molecule is COC(=O)/C=C1\NC(=S)N(/N=C(/C)c2cccnc2)C1=O. The number of esters is 1. The van der Waals surface area contributed by atoms with Gasteiger partial charge in [-0.1, -0.05) is 6.07 Å². The van der Waals surface area contributed by atoms with E-state index in [0.29, 0.717) is 5.71 Å². The highest BCUT2D eigenvalue weighted by Crippen LogP contribution is 2.12. The Hall–Kier alpha value is -2.61. The van der Waals surface area contributed by atoms with Gasteiger partial charge >= 0.3 is 5.97 Å². The monoisotopic (exact) mass is 304 g/mol. The van der Waals surface area contributed by atoms with Gasteiger partial charge in [0.05, 0.1) is 18.9 Å². The lowest BCUT2D eigenvalue weighted by Crippen LogP contribution is -2.26. The Kier molecular flexibility index (Phi) is 4.39. The van der Waals surface area contributed by atoms with Gasteiger partial charge in [-0.05, 0) is 25.2 Å². The molecule has 0 radical (unpaired) electrons. The highest BCUT2D eigenvalue weighted by molar-refractivity contribution is 7.80. The van der Waals surface area contributed by atoms with E-state index in [4.69, 9.17) is 12.2 Å². The highest BCUT2D eigenvalue weighted by Gasteiger charge is 2.31. The van der Waals surface area contributed by atoms with Gasteiger partial charge in [-0.3, -0.25) is 9.78 Å². The lowest BCUT2D eigenvalue weighted by atomic mass is 10.2. The van der Waals surface area contributed by atoms with Crippen molar-refractivity contribution in [2.75, 3.05) is 7.11 Å². The van der Waals surface area contributed by atoms with Crippen LogP contribution in [0.3, 0.4) is 0 Å². The summed E-state index contributed by atoms with van der Waals surface area (Å²) in [5, 5.41) is 7.89. The predicted molar refractivity (Wildman–Crippen MR) is 79.1 cm³/mol. The summed E-state index contributed by atoms with van der Waals surface area (Å²) in [6.07, 6.45) is 4.30. The minimum Gasteiger partial charge on any atom is -0.466 e. The fourth-order valence-electron chi connectivity index (χ4n) is 1.58. The first kappa shape index (κ1) is 14.8. The molecule has 2 rings (SSSR count). The van der Waals surface area contributed by atoms with Crippen molar-refractivity contribution in [1.29, 1.82) is 0 Å². The van der Waals surface area contributed by atoms with Crippen LogP contribution in [0.4, 0.5) is 0 Å². The molecule has 1 N–H and O–H groups in total. The Labute approximate surface area is 126 Å². The summed E-state index contributed by atoms with van der Waals surface area (Å²) < 4.78 is 4.47. The second-order valence-electron chi connectivity index (χ2n) is 4.06. The van der Waals surface area contributed by atoms with Gasteiger partial charge in [-0.2, -0.15) is 10.1 Å². The maximum Gasteiger partial charge on any atom is 0.332 e. The summed E-state index contributed by atoms with van der Waals surface area (Å²) in [5.41, 5.74) is 1.35. The van der Waals surface area contributed by atoms with Gasteiger partial charge in [0.2, 0.25) is 5.11 Å². The largest absolute Gasteiger partial charge is 0.466 e. The van der Waals surface area contributed by atoms with Crippen LogP contribution >= 0.6 is 12.2 Å². The fourth-order valence-corrected chi connectivity index (χ4v) is 1.81. The van der Waals surface area contributed by atoms with Crippen LogP contribution in [-0.2, 0) is 14.3 Å². The van der Waals surface area contributed by atoms with E-state index in [1.807, 2.05) is 6.07 Å². The van der Waals surface area contributed by atoms with Crippen LogP contribution in [0.15, 0.2) is 41.4 Å². The second-order valence-corrected chi connectivity index (χ2v) is 4.44. The van der Waals surface area contributed by atoms with Gasteiger partial charge in [-0.25, -0.2) is 4.79 Å². The number of hydrogen-bond acceptors (Lipinski definition) is 6. The molecule has 0 aromatic carbocycles. The Bertz CT molecular complexity index is 655. The number of hydrazone groups is 1. The fraction of sp³-hybridized carbons (Fsp3) is 0.154. The number of nitrogens with one attached hydrogen (secondary N) is 1. The van der Waals surface area contributed by atoms with Crippen molar-refractivity contribution in [2.24, 2.45) is 5.10 Å². The predicted octanol–water partition coefficient (Wildman–Crippen LogP) is 0.579. The number of carbonyl (C=O) groups excluding carboxylic acids is 2. The first-order chi connectivity index (χ1) is 10.0. The van der Waals surface area contributed by atoms with Crippen molar-refractivity contribution in [1.82, 2.24) is 15.3 Å². The number of pyridine rings is 1. The standard InChI is InChI=1S/C13H12N4O3S/c1-8(9-4-3-5-14-7-9)16-17-12(19)10(15-13(17)21)6-11(18)20-2/h3-7H,1-2H3,(H,15,21)/b10-6-,16-8-. The molecule has 0 saturated carbocycles. The molecule has 1 aromatic rings. The Morgan fingerprint density at radius 3 is 2.95 bits per heavy atom. The molecular weight excluding hydrogens is 292 g/mol. The summed E-state index contributed by atoms with van der Waals surface area (Å²) in [7, 11) is 1.22. The summed E-state index contributed by atoms with van der Waals surface area (Å²) in [4.78, 5) is 27.3. The van der Waals surface area contributed by atoms with Crippen LogP contribution in [0, 0.1) is 0 Å².